The molecule has 29 heavy (non-hydrogen) atoms. The van der Waals surface area contributed by atoms with Gasteiger partial charge in [0.2, 0.25) is 0 Å². The molecule has 3 heterocycles. The number of nitrogens with one attached hydrogen (secondary N) is 2. The molecule has 144 valence electrons. The average molecular weight is 389 g/mol. The lowest BCUT2D eigenvalue weighted by molar-refractivity contribution is 0.256. The number of aromatic nitrogens is 3. The first-order valence-corrected chi connectivity index (χ1v) is 8.95. The summed E-state index contributed by atoms with van der Waals surface area (Å²) < 4.78 is 13.7. The first kappa shape index (κ1) is 18.3. The lowest BCUT2D eigenvalue weighted by Crippen LogP contribution is -2.36. The molecule has 3 aromatic rings. The number of fused-ring (bicyclic) bond motifs is 1. The third kappa shape index (κ3) is 3.82. The number of hydrogen-bond acceptors (Lipinski definition) is 6. The van der Waals surface area contributed by atoms with E-state index in [2.05, 4.69) is 25.6 Å². The molecule has 4 rings (SSSR count). The lowest BCUT2D eigenvalue weighted by Gasteiger charge is -2.22. The van der Waals surface area contributed by atoms with Crippen molar-refractivity contribution in [1.29, 1.82) is 5.26 Å². The minimum Gasteiger partial charge on any atom is -0.382 e. The van der Waals surface area contributed by atoms with Crippen LogP contribution in [0.3, 0.4) is 0 Å². The Labute approximate surface area is 166 Å². The van der Waals surface area contributed by atoms with Crippen molar-refractivity contribution >= 4 is 23.4 Å². The summed E-state index contributed by atoms with van der Waals surface area (Å²) in [6.45, 7) is 1.15. The molecular formula is C20H16FN7O. The fourth-order valence-corrected chi connectivity index (χ4v) is 3.03. The maximum Gasteiger partial charge on any atom is 0.328 e. The summed E-state index contributed by atoms with van der Waals surface area (Å²) in [5.74, 6) is 0.200. The second-order valence-electron chi connectivity index (χ2n) is 6.33. The third-order valence-corrected chi connectivity index (χ3v) is 4.43. The van der Waals surface area contributed by atoms with Gasteiger partial charge >= 0.3 is 6.03 Å². The van der Waals surface area contributed by atoms with Crippen molar-refractivity contribution in [2.45, 2.75) is 6.42 Å². The predicted octanol–water partition coefficient (Wildman–Crippen LogP) is 3.40. The van der Waals surface area contributed by atoms with E-state index in [0.717, 1.165) is 6.42 Å². The van der Waals surface area contributed by atoms with E-state index in [-0.39, 0.29) is 11.6 Å². The number of benzene rings is 1. The first-order valence-electron chi connectivity index (χ1n) is 8.95. The molecule has 0 radical (unpaired) electrons. The molecule has 2 aromatic heterocycles. The number of amides is 2. The quantitative estimate of drug-likeness (QED) is 0.696. The monoisotopic (exact) mass is 389 g/mol. The molecule has 1 aliphatic rings. The summed E-state index contributed by atoms with van der Waals surface area (Å²) in [6.07, 6.45) is 5.20. The largest absolute Gasteiger partial charge is 0.382 e. The van der Waals surface area contributed by atoms with Gasteiger partial charge in [0.15, 0.2) is 11.6 Å². The van der Waals surface area contributed by atoms with Gasteiger partial charge < -0.3 is 5.32 Å². The van der Waals surface area contributed by atoms with Crippen LogP contribution >= 0.6 is 0 Å². The summed E-state index contributed by atoms with van der Waals surface area (Å²) in [7, 11) is 0. The van der Waals surface area contributed by atoms with Gasteiger partial charge in [-0.05, 0) is 36.8 Å². The van der Waals surface area contributed by atoms with E-state index in [1.54, 1.807) is 12.1 Å². The zero-order chi connectivity index (χ0) is 20.2. The number of nitrogens with zero attached hydrogens (tertiary/aromatic N) is 5. The van der Waals surface area contributed by atoms with Crippen LogP contribution in [-0.4, -0.2) is 34.1 Å². The Hall–Kier alpha value is -4.06. The molecule has 0 fully saturated rings. The molecule has 1 aliphatic heterocycles. The van der Waals surface area contributed by atoms with Gasteiger partial charge in [-0.25, -0.2) is 19.2 Å². The normalized spacial score (nSPS) is 12.9. The summed E-state index contributed by atoms with van der Waals surface area (Å²) in [5, 5.41) is 15.1. The van der Waals surface area contributed by atoms with Crippen LogP contribution in [0.5, 0.6) is 0 Å². The smallest absolute Gasteiger partial charge is 0.328 e. The number of carbonyl (C=O) groups excluding carboxylic acids is 1. The Kier molecular flexibility index (Phi) is 4.99. The Morgan fingerprint density at radius 2 is 2.17 bits per heavy atom. The van der Waals surface area contributed by atoms with Crippen LogP contribution in [0.25, 0.3) is 11.3 Å². The van der Waals surface area contributed by atoms with Gasteiger partial charge in [0.05, 0.1) is 23.1 Å². The highest BCUT2D eigenvalue weighted by atomic mass is 19.1. The maximum absolute atomic E-state index is 13.7. The lowest BCUT2D eigenvalue weighted by atomic mass is 10.1. The van der Waals surface area contributed by atoms with Gasteiger partial charge in [0, 0.05) is 31.0 Å². The first-order chi connectivity index (χ1) is 14.2. The molecule has 0 bridgehead atoms. The summed E-state index contributed by atoms with van der Waals surface area (Å²) >= 11 is 0. The average Bonchev–Trinajstić information content (AvgIpc) is 2.97. The van der Waals surface area contributed by atoms with Crippen LogP contribution < -0.4 is 15.5 Å². The maximum atomic E-state index is 13.7. The van der Waals surface area contributed by atoms with Gasteiger partial charge in [0.1, 0.15) is 11.9 Å². The SMILES string of the molecule is N#Cc1cc(-c2ccc3c(n2)N(C(=O)Nc2cnccn2)CCCN3)ccc1F. The van der Waals surface area contributed by atoms with E-state index in [1.165, 1.54) is 35.6 Å². The van der Waals surface area contributed by atoms with Crippen molar-refractivity contribution in [2.24, 2.45) is 0 Å². The number of halogens is 1. The molecule has 0 spiro atoms. The number of hydrogen-bond donors (Lipinski definition) is 2. The van der Waals surface area contributed by atoms with Crippen molar-refractivity contribution in [3.8, 4) is 17.3 Å². The topological polar surface area (TPSA) is 107 Å². The van der Waals surface area contributed by atoms with Crippen molar-refractivity contribution < 1.29 is 9.18 Å². The molecule has 2 amide bonds. The molecule has 0 saturated carbocycles. The highest BCUT2D eigenvalue weighted by molar-refractivity contribution is 6.02. The van der Waals surface area contributed by atoms with Crippen LogP contribution in [0.2, 0.25) is 0 Å². The fraction of sp³-hybridized carbons (Fsp3) is 0.150. The Balaban J connectivity index is 1.70. The molecule has 1 aromatic carbocycles. The van der Waals surface area contributed by atoms with Crippen LogP contribution in [0.4, 0.5) is 26.5 Å². The van der Waals surface area contributed by atoms with E-state index >= 15 is 0 Å². The Bertz CT molecular complexity index is 1100. The van der Waals surface area contributed by atoms with Crippen molar-refractivity contribution in [2.75, 3.05) is 28.6 Å². The van der Waals surface area contributed by atoms with Gasteiger partial charge in [0.25, 0.3) is 0 Å². The predicted molar refractivity (Wildman–Crippen MR) is 106 cm³/mol. The molecule has 2 N–H and O–H groups in total. The Morgan fingerprint density at radius 3 is 2.97 bits per heavy atom. The highest BCUT2D eigenvalue weighted by Crippen LogP contribution is 2.31. The molecule has 8 nitrogen and oxygen atoms in total. The fourth-order valence-electron chi connectivity index (χ4n) is 3.03. The number of rotatable bonds is 2. The number of carbonyl (C=O) groups is 1. The number of nitriles is 1. The third-order valence-electron chi connectivity index (χ3n) is 4.43. The highest BCUT2D eigenvalue weighted by Gasteiger charge is 2.24. The minimum atomic E-state index is -0.586. The molecule has 0 atom stereocenters. The zero-order valence-corrected chi connectivity index (χ0v) is 15.3. The van der Waals surface area contributed by atoms with Crippen molar-refractivity contribution in [3.05, 3.63) is 60.3 Å². The van der Waals surface area contributed by atoms with E-state index in [4.69, 9.17) is 5.26 Å². The van der Waals surface area contributed by atoms with Gasteiger partial charge in [-0.15, -0.1) is 0 Å². The summed E-state index contributed by atoms with van der Waals surface area (Å²) in [4.78, 5) is 27.0. The number of pyridine rings is 1. The number of anilines is 3. The van der Waals surface area contributed by atoms with Crippen LogP contribution in [0.15, 0.2) is 48.9 Å². The van der Waals surface area contributed by atoms with E-state index < -0.39 is 5.82 Å². The minimum absolute atomic E-state index is 0.0605. The van der Waals surface area contributed by atoms with E-state index in [1.807, 2.05) is 12.1 Å². The van der Waals surface area contributed by atoms with Crippen LogP contribution in [-0.2, 0) is 0 Å². The number of urea groups is 1. The van der Waals surface area contributed by atoms with Crippen molar-refractivity contribution in [3.63, 3.8) is 0 Å². The summed E-state index contributed by atoms with van der Waals surface area (Å²) in [5.41, 5.74) is 1.77. The molecule has 0 saturated heterocycles. The van der Waals surface area contributed by atoms with Gasteiger partial charge in [-0.3, -0.25) is 15.2 Å². The van der Waals surface area contributed by atoms with Crippen LogP contribution in [0, 0.1) is 17.1 Å². The molecule has 9 heteroatoms. The second-order valence-corrected chi connectivity index (χ2v) is 6.33. The zero-order valence-electron chi connectivity index (χ0n) is 15.3. The van der Waals surface area contributed by atoms with E-state index in [0.29, 0.717) is 41.7 Å². The van der Waals surface area contributed by atoms with Gasteiger partial charge in [-0.2, -0.15) is 5.26 Å². The molecule has 0 aliphatic carbocycles. The molecule has 0 unspecified atom stereocenters. The second kappa shape index (κ2) is 7.90. The van der Waals surface area contributed by atoms with Crippen LogP contribution in [0.1, 0.15) is 12.0 Å². The van der Waals surface area contributed by atoms with Crippen molar-refractivity contribution in [1.82, 2.24) is 15.0 Å². The van der Waals surface area contributed by atoms with Gasteiger partial charge in [-0.1, -0.05) is 0 Å². The van der Waals surface area contributed by atoms with E-state index in [9.17, 15) is 9.18 Å². The Morgan fingerprint density at radius 1 is 1.28 bits per heavy atom. The standard InChI is InChI=1S/C20H16FN7O/c21-15-3-2-13(10-14(15)11-22)16-4-5-17-19(26-16)28(9-1-6-24-17)20(29)27-18-12-23-7-8-25-18/h2-5,7-8,10,12,24H,1,6,9H2,(H,25,27,29). The summed E-state index contributed by atoms with van der Waals surface area (Å²) in [6, 6.07) is 9.27. The molecular weight excluding hydrogens is 373 g/mol.